The van der Waals surface area contributed by atoms with E-state index in [0.717, 1.165) is 12.8 Å². The van der Waals surface area contributed by atoms with E-state index in [9.17, 15) is 9.59 Å². The molecular formula is C13H24N2O4. The number of ether oxygens (including phenoxy) is 2. The number of likely N-dealkylation sites (tertiary alicyclic amines) is 1. The summed E-state index contributed by atoms with van der Waals surface area (Å²) in [5, 5.41) is 0. The molecule has 0 aromatic carbocycles. The molecule has 1 fully saturated rings. The summed E-state index contributed by atoms with van der Waals surface area (Å²) in [5.74, 6) is -0.00375. The number of esters is 1. The largest absolute Gasteiger partial charge is 0.450 e. The van der Waals surface area contributed by atoms with Gasteiger partial charge in [0.05, 0.1) is 0 Å². The number of carbonyl (C=O) groups excluding carboxylic acids is 2. The Morgan fingerprint density at radius 1 is 1.26 bits per heavy atom. The normalized spacial score (nSPS) is 17.2. The van der Waals surface area contributed by atoms with Gasteiger partial charge in [0.15, 0.2) is 0 Å². The van der Waals surface area contributed by atoms with Crippen molar-refractivity contribution in [2.24, 2.45) is 11.7 Å². The van der Waals surface area contributed by atoms with E-state index in [1.54, 1.807) is 4.90 Å². The first-order chi connectivity index (χ1) is 8.81. The lowest BCUT2D eigenvalue weighted by atomic mass is 9.94. The van der Waals surface area contributed by atoms with Crippen LogP contribution < -0.4 is 5.73 Å². The molecular weight excluding hydrogens is 248 g/mol. The fraction of sp³-hybridized carbons (Fsp3) is 0.846. The lowest BCUT2D eigenvalue weighted by Crippen LogP contribution is -2.42. The van der Waals surface area contributed by atoms with E-state index >= 15 is 0 Å². The van der Waals surface area contributed by atoms with Crippen LogP contribution in [0.5, 0.6) is 0 Å². The standard InChI is InChI=1S/C13H24N2O4/c1-13(2,3)19-12(17)15-6-4-10(5-7-15)8-11(16)18-9-14/h10H,4-9,14H2,1-3H3. The molecule has 0 bridgehead atoms. The van der Waals surface area contributed by atoms with Crippen LogP contribution in [0.15, 0.2) is 0 Å². The second-order valence-corrected chi connectivity index (χ2v) is 5.80. The van der Waals surface area contributed by atoms with Crippen LogP contribution in [0.1, 0.15) is 40.0 Å². The Morgan fingerprint density at radius 2 is 1.84 bits per heavy atom. The quantitative estimate of drug-likeness (QED) is 0.621. The molecule has 1 rings (SSSR count). The van der Waals surface area contributed by atoms with Crippen LogP contribution >= 0.6 is 0 Å². The lowest BCUT2D eigenvalue weighted by molar-refractivity contribution is -0.144. The molecule has 1 heterocycles. The maximum absolute atomic E-state index is 11.8. The molecule has 1 aliphatic heterocycles. The Labute approximate surface area is 114 Å². The van der Waals surface area contributed by atoms with Gasteiger partial charge in [0.1, 0.15) is 12.3 Å². The van der Waals surface area contributed by atoms with Crippen LogP contribution in [0.2, 0.25) is 0 Å². The lowest BCUT2D eigenvalue weighted by Gasteiger charge is -2.33. The number of piperidine rings is 1. The van der Waals surface area contributed by atoms with E-state index in [1.165, 1.54) is 0 Å². The molecule has 19 heavy (non-hydrogen) atoms. The van der Waals surface area contributed by atoms with Gasteiger partial charge >= 0.3 is 12.1 Å². The van der Waals surface area contributed by atoms with Gasteiger partial charge in [0.2, 0.25) is 0 Å². The predicted octanol–water partition coefficient (Wildman–Crippen LogP) is 1.48. The minimum atomic E-state index is -0.473. The molecule has 0 radical (unpaired) electrons. The highest BCUT2D eigenvalue weighted by Crippen LogP contribution is 2.22. The Hall–Kier alpha value is -1.30. The van der Waals surface area contributed by atoms with Crippen molar-refractivity contribution in [2.75, 3.05) is 19.8 Å². The molecule has 0 aromatic rings. The van der Waals surface area contributed by atoms with Crippen molar-refractivity contribution in [1.29, 1.82) is 0 Å². The van der Waals surface area contributed by atoms with Crippen molar-refractivity contribution in [3.8, 4) is 0 Å². The summed E-state index contributed by atoms with van der Waals surface area (Å²) in [6.07, 6.45) is 1.67. The van der Waals surface area contributed by atoms with Crippen molar-refractivity contribution >= 4 is 12.1 Å². The average molecular weight is 272 g/mol. The van der Waals surface area contributed by atoms with E-state index in [4.69, 9.17) is 15.2 Å². The Balaban J connectivity index is 2.32. The summed E-state index contributed by atoms with van der Waals surface area (Å²) in [6, 6.07) is 0. The number of rotatable bonds is 3. The Bertz CT molecular complexity index is 317. The molecule has 1 aliphatic rings. The molecule has 1 saturated heterocycles. The van der Waals surface area contributed by atoms with E-state index in [0.29, 0.717) is 19.5 Å². The van der Waals surface area contributed by atoms with Crippen molar-refractivity contribution in [1.82, 2.24) is 4.90 Å². The third-order valence-electron chi connectivity index (χ3n) is 2.97. The number of nitrogens with two attached hydrogens (primary N) is 1. The van der Waals surface area contributed by atoms with E-state index < -0.39 is 5.60 Å². The van der Waals surface area contributed by atoms with Crippen molar-refractivity contribution in [3.63, 3.8) is 0 Å². The van der Waals surface area contributed by atoms with Crippen LogP contribution in [0.3, 0.4) is 0 Å². The third-order valence-corrected chi connectivity index (χ3v) is 2.97. The SMILES string of the molecule is CC(C)(C)OC(=O)N1CCC(CC(=O)OCN)CC1. The molecule has 6 heteroatoms. The first kappa shape index (κ1) is 15.8. The summed E-state index contributed by atoms with van der Waals surface area (Å²) in [6.45, 7) is 6.71. The number of hydrogen-bond donors (Lipinski definition) is 1. The van der Waals surface area contributed by atoms with Gasteiger partial charge in [0, 0.05) is 19.5 Å². The molecule has 0 aliphatic carbocycles. The molecule has 0 saturated carbocycles. The highest BCUT2D eigenvalue weighted by molar-refractivity contribution is 5.70. The minimum Gasteiger partial charge on any atom is -0.450 e. The highest BCUT2D eigenvalue weighted by atomic mass is 16.6. The van der Waals surface area contributed by atoms with Gasteiger partial charge in [-0.05, 0) is 39.5 Å². The molecule has 6 nitrogen and oxygen atoms in total. The third kappa shape index (κ3) is 5.92. The fourth-order valence-corrected chi connectivity index (χ4v) is 2.03. The first-order valence-corrected chi connectivity index (χ1v) is 6.65. The maximum atomic E-state index is 11.8. The zero-order chi connectivity index (χ0) is 14.5. The summed E-state index contributed by atoms with van der Waals surface area (Å²) in [5.41, 5.74) is 4.67. The van der Waals surface area contributed by atoms with Gasteiger partial charge in [-0.1, -0.05) is 0 Å². The Morgan fingerprint density at radius 3 is 2.32 bits per heavy atom. The molecule has 2 N–H and O–H groups in total. The van der Waals surface area contributed by atoms with E-state index in [2.05, 4.69) is 0 Å². The van der Waals surface area contributed by atoms with Gasteiger partial charge in [0.25, 0.3) is 0 Å². The van der Waals surface area contributed by atoms with Gasteiger partial charge in [-0.2, -0.15) is 0 Å². The smallest absolute Gasteiger partial charge is 0.410 e. The van der Waals surface area contributed by atoms with Gasteiger partial charge < -0.3 is 14.4 Å². The summed E-state index contributed by atoms with van der Waals surface area (Å²) < 4.78 is 10.0. The van der Waals surface area contributed by atoms with Crippen LogP contribution in [-0.4, -0.2) is 42.4 Å². The fourth-order valence-electron chi connectivity index (χ4n) is 2.03. The first-order valence-electron chi connectivity index (χ1n) is 6.65. The number of amides is 1. The van der Waals surface area contributed by atoms with Crippen molar-refractivity contribution in [3.05, 3.63) is 0 Å². The van der Waals surface area contributed by atoms with Gasteiger partial charge in [-0.15, -0.1) is 0 Å². The van der Waals surface area contributed by atoms with Crippen LogP contribution in [0.25, 0.3) is 0 Å². The maximum Gasteiger partial charge on any atom is 0.410 e. The van der Waals surface area contributed by atoms with Crippen molar-refractivity contribution in [2.45, 2.75) is 45.6 Å². The predicted molar refractivity (Wildman–Crippen MR) is 70.3 cm³/mol. The molecule has 110 valence electrons. The van der Waals surface area contributed by atoms with Crippen LogP contribution in [0, 0.1) is 5.92 Å². The topological polar surface area (TPSA) is 81.9 Å². The molecule has 0 unspecified atom stereocenters. The zero-order valence-electron chi connectivity index (χ0n) is 12.0. The number of carbonyl (C=O) groups is 2. The zero-order valence-corrected chi connectivity index (χ0v) is 12.0. The number of nitrogens with zero attached hydrogens (tertiary/aromatic N) is 1. The van der Waals surface area contributed by atoms with Gasteiger partial charge in [-0.25, -0.2) is 4.79 Å². The minimum absolute atomic E-state index is 0.0738. The highest BCUT2D eigenvalue weighted by Gasteiger charge is 2.27. The monoisotopic (exact) mass is 272 g/mol. The molecule has 1 amide bonds. The van der Waals surface area contributed by atoms with Crippen molar-refractivity contribution < 1.29 is 19.1 Å². The van der Waals surface area contributed by atoms with E-state index in [-0.39, 0.29) is 24.7 Å². The summed E-state index contributed by atoms with van der Waals surface area (Å²) in [7, 11) is 0. The average Bonchev–Trinajstić information content (AvgIpc) is 2.27. The summed E-state index contributed by atoms with van der Waals surface area (Å²) in [4.78, 5) is 24.8. The van der Waals surface area contributed by atoms with Crippen LogP contribution in [0.4, 0.5) is 4.79 Å². The number of hydrogen-bond acceptors (Lipinski definition) is 5. The van der Waals surface area contributed by atoms with Gasteiger partial charge in [-0.3, -0.25) is 10.5 Å². The van der Waals surface area contributed by atoms with E-state index in [1.807, 2.05) is 20.8 Å². The molecule has 0 atom stereocenters. The Kier molecular flexibility index (Phi) is 5.60. The second-order valence-electron chi connectivity index (χ2n) is 5.80. The molecule has 0 spiro atoms. The second kappa shape index (κ2) is 6.75. The summed E-state index contributed by atoms with van der Waals surface area (Å²) >= 11 is 0. The molecule has 0 aromatic heterocycles. The van der Waals surface area contributed by atoms with Crippen LogP contribution in [-0.2, 0) is 14.3 Å².